The molecule has 0 aromatic heterocycles. The fourth-order valence-electron chi connectivity index (χ4n) is 0.830. The van der Waals surface area contributed by atoms with Crippen molar-refractivity contribution in [3.05, 3.63) is 28.0 Å². The first-order valence-electron chi connectivity index (χ1n) is 3.19. The number of hydroxylamine groups is 1. The second kappa shape index (κ2) is 3.84. The minimum absolute atomic E-state index is 0.0341. The molecule has 0 aliphatic carbocycles. The lowest BCUT2D eigenvalue weighted by atomic mass is 10.2. The summed E-state index contributed by atoms with van der Waals surface area (Å²) in [6.45, 7) is -0.128. The minimum atomic E-state index is -0.573. The van der Waals surface area contributed by atoms with Crippen LogP contribution < -0.4 is 5.48 Å². The summed E-state index contributed by atoms with van der Waals surface area (Å²) < 4.78 is 13.3. The number of rotatable bonds is 2. The van der Waals surface area contributed by atoms with Crippen LogP contribution in [0, 0.1) is 5.82 Å². The molecular weight excluding hydrogens is 229 g/mol. The zero-order valence-corrected chi connectivity index (χ0v) is 7.60. The summed E-state index contributed by atoms with van der Waals surface area (Å²) in [5, 5.41) is 17.5. The first-order valence-corrected chi connectivity index (χ1v) is 3.99. The van der Waals surface area contributed by atoms with Gasteiger partial charge in [0, 0.05) is 5.56 Å². The Morgan fingerprint density at radius 3 is 2.75 bits per heavy atom. The fourth-order valence-corrected chi connectivity index (χ4v) is 1.20. The molecule has 0 aliphatic rings. The number of hydrogen-bond acceptors (Lipinski definition) is 3. The molecule has 0 heterocycles. The smallest absolute Gasteiger partial charge is 0.145 e. The van der Waals surface area contributed by atoms with Crippen molar-refractivity contribution in [2.24, 2.45) is 0 Å². The quantitative estimate of drug-likeness (QED) is 0.686. The van der Waals surface area contributed by atoms with Gasteiger partial charge < -0.3 is 10.3 Å². The van der Waals surface area contributed by atoms with Crippen LogP contribution in [0.4, 0.5) is 4.39 Å². The third-order valence-corrected chi connectivity index (χ3v) is 2.04. The van der Waals surface area contributed by atoms with Gasteiger partial charge in [0.1, 0.15) is 11.6 Å². The molecule has 0 saturated heterocycles. The summed E-state index contributed by atoms with van der Waals surface area (Å²) in [6.07, 6.45) is 0. The molecule has 0 aliphatic heterocycles. The third-order valence-electron chi connectivity index (χ3n) is 1.43. The van der Waals surface area contributed by atoms with E-state index in [0.717, 1.165) is 0 Å². The third kappa shape index (κ3) is 1.74. The zero-order valence-electron chi connectivity index (χ0n) is 6.01. The maximum Gasteiger partial charge on any atom is 0.145 e. The Balaban J connectivity index is 3.14. The molecule has 1 aromatic rings. The molecule has 1 aromatic carbocycles. The van der Waals surface area contributed by atoms with Gasteiger partial charge in [-0.05, 0) is 28.1 Å². The Labute approximate surface area is 76.9 Å². The van der Waals surface area contributed by atoms with Crippen LogP contribution in [-0.2, 0) is 6.54 Å². The molecule has 5 heteroatoms. The number of phenols is 1. The van der Waals surface area contributed by atoms with Gasteiger partial charge >= 0.3 is 0 Å². The topological polar surface area (TPSA) is 52.5 Å². The minimum Gasteiger partial charge on any atom is -0.508 e. The van der Waals surface area contributed by atoms with Gasteiger partial charge in [-0.1, -0.05) is 0 Å². The average molecular weight is 236 g/mol. The predicted octanol–water partition coefficient (Wildman–Crippen LogP) is 1.77. The van der Waals surface area contributed by atoms with E-state index in [-0.39, 0.29) is 22.3 Å². The van der Waals surface area contributed by atoms with Crippen molar-refractivity contribution in [1.82, 2.24) is 5.48 Å². The van der Waals surface area contributed by atoms with Crippen molar-refractivity contribution < 1.29 is 14.7 Å². The fraction of sp³-hybridized carbons (Fsp3) is 0.143. The first-order chi connectivity index (χ1) is 5.66. The van der Waals surface area contributed by atoms with Crippen LogP contribution in [0.15, 0.2) is 16.6 Å². The highest BCUT2D eigenvalue weighted by molar-refractivity contribution is 9.10. The van der Waals surface area contributed by atoms with E-state index in [0.29, 0.717) is 0 Å². The molecule has 0 spiro atoms. The molecule has 0 saturated carbocycles. The van der Waals surface area contributed by atoms with Gasteiger partial charge in [-0.25, -0.2) is 9.87 Å². The number of halogens is 2. The summed E-state index contributed by atoms with van der Waals surface area (Å²) in [4.78, 5) is 0. The molecule has 66 valence electrons. The molecular formula is C7H7BrFNO2. The van der Waals surface area contributed by atoms with Gasteiger partial charge in [0.2, 0.25) is 0 Å². The largest absolute Gasteiger partial charge is 0.508 e. The second-order valence-electron chi connectivity index (χ2n) is 2.19. The monoisotopic (exact) mass is 235 g/mol. The number of aromatic hydroxyl groups is 1. The summed E-state index contributed by atoms with van der Waals surface area (Å²) in [5.74, 6) is -0.756. The molecule has 0 bridgehead atoms. The number of nitrogens with one attached hydrogen (secondary N) is 1. The Morgan fingerprint density at radius 2 is 2.17 bits per heavy atom. The maximum atomic E-state index is 13.1. The molecule has 0 unspecified atom stereocenters. The van der Waals surface area contributed by atoms with Crippen LogP contribution in [0.5, 0.6) is 5.75 Å². The van der Waals surface area contributed by atoms with Crippen LogP contribution in [0.25, 0.3) is 0 Å². The van der Waals surface area contributed by atoms with E-state index in [1.807, 2.05) is 0 Å². The van der Waals surface area contributed by atoms with Crippen molar-refractivity contribution in [1.29, 1.82) is 0 Å². The normalized spacial score (nSPS) is 10.2. The van der Waals surface area contributed by atoms with E-state index in [1.165, 1.54) is 12.1 Å². The summed E-state index contributed by atoms with van der Waals surface area (Å²) >= 11 is 2.95. The van der Waals surface area contributed by atoms with Crippen LogP contribution in [0.1, 0.15) is 5.56 Å². The van der Waals surface area contributed by atoms with Gasteiger partial charge in [-0.15, -0.1) is 0 Å². The lowest BCUT2D eigenvalue weighted by Gasteiger charge is -2.05. The molecule has 12 heavy (non-hydrogen) atoms. The number of hydrogen-bond donors (Lipinski definition) is 3. The number of phenolic OH excluding ortho intramolecular Hbond substituents is 1. The van der Waals surface area contributed by atoms with Crippen LogP contribution in [-0.4, -0.2) is 10.3 Å². The van der Waals surface area contributed by atoms with Crippen LogP contribution >= 0.6 is 15.9 Å². The molecule has 3 nitrogen and oxygen atoms in total. The van der Waals surface area contributed by atoms with Crippen molar-refractivity contribution in [2.45, 2.75) is 6.54 Å². The van der Waals surface area contributed by atoms with Crippen molar-refractivity contribution >= 4 is 15.9 Å². The van der Waals surface area contributed by atoms with Crippen molar-refractivity contribution in [3.63, 3.8) is 0 Å². The Hall–Kier alpha value is -0.650. The highest BCUT2D eigenvalue weighted by atomic mass is 79.9. The highest BCUT2D eigenvalue weighted by Crippen LogP contribution is 2.26. The molecule has 0 atom stereocenters. The summed E-state index contributed by atoms with van der Waals surface area (Å²) in [5.41, 5.74) is 1.81. The highest BCUT2D eigenvalue weighted by Gasteiger charge is 2.10. The lowest BCUT2D eigenvalue weighted by Crippen LogP contribution is -2.08. The van der Waals surface area contributed by atoms with Gasteiger partial charge in [-0.3, -0.25) is 0 Å². The molecule has 0 amide bonds. The SMILES string of the molecule is ONCc1c(O)ccc(Br)c1F. The van der Waals surface area contributed by atoms with Crippen LogP contribution in [0.3, 0.4) is 0 Å². The Kier molecular flexibility index (Phi) is 3.02. The zero-order chi connectivity index (χ0) is 9.14. The average Bonchev–Trinajstić information content (AvgIpc) is 2.06. The first kappa shape index (κ1) is 9.44. The standard InChI is InChI=1S/C7H7BrFNO2/c8-5-1-2-6(11)4(3-10-12)7(5)9/h1-2,10-12H,3H2. The van der Waals surface area contributed by atoms with E-state index < -0.39 is 5.82 Å². The molecule has 3 N–H and O–H groups in total. The van der Waals surface area contributed by atoms with E-state index in [1.54, 1.807) is 5.48 Å². The van der Waals surface area contributed by atoms with Gasteiger partial charge in [0.15, 0.2) is 0 Å². The Morgan fingerprint density at radius 1 is 1.50 bits per heavy atom. The maximum absolute atomic E-state index is 13.1. The van der Waals surface area contributed by atoms with E-state index in [2.05, 4.69) is 15.9 Å². The van der Waals surface area contributed by atoms with Gasteiger partial charge in [0.25, 0.3) is 0 Å². The van der Waals surface area contributed by atoms with E-state index >= 15 is 0 Å². The van der Waals surface area contributed by atoms with Crippen molar-refractivity contribution in [2.75, 3.05) is 0 Å². The van der Waals surface area contributed by atoms with Gasteiger partial charge in [-0.2, -0.15) is 0 Å². The van der Waals surface area contributed by atoms with Crippen LogP contribution in [0.2, 0.25) is 0 Å². The second-order valence-corrected chi connectivity index (χ2v) is 3.05. The summed E-state index contributed by atoms with van der Waals surface area (Å²) in [6, 6.07) is 2.74. The predicted molar refractivity (Wildman–Crippen MR) is 44.4 cm³/mol. The van der Waals surface area contributed by atoms with E-state index in [9.17, 15) is 4.39 Å². The van der Waals surface area contributed by atoms with E-state index in [4.69, 9.17) is 10.3 Å². The summed E-state index contributed by atoms with van der Waals surface area (Å²) in [7, 11) is 0. The number of benzene rings is 1. The van der Waals surface area contributed by atoms with Gasteiger partial charge in [0.05, 0.1) is 11.0 Å². The molecule has 1 rings (SSSR count). The molecule has 0 radical (unpaired) electrons. The van der Waals surface area contributed by atoms with Crippen molar-refractivity contribution in [3.8, 4) is 5.75 Å². The lowest BCUT2D eigenvalue weighted by molar-refractivity contribution is 0.158. The Bertz CT molecular complexity index is 293. The molecule has 0 fully saturated rings.